The summed E-state index contributed by atoms with van der Waals surface area (Å²) < 4.78 is 5.50. The second-order valence-electron chi connectivity index (χ2n) is 6.48. The molecule has 0 amide bonds. The normalized spacial score (nSPS) is 13.6. The zero-order valence-corrected chi connectivity index (χ0v) is 13.3. The zero-order chi connectivity index (χ0) is 14.5. The summed E-state index contributed by atoms with van der Waals surface area (Å²) in [5.41, 5.74) is 1.55. The van der Waals surface area contributed by atoms with Crippen LogP contribution in [0, 0.1) is 5.92 Å². The van der Waals surface area contributed by atoms with Crippen molar-refractivity contribution in [3.05, 3.63) is 29.8 Å². The van der Waals surface area contributed by atoms with Gasteiger partial charge in [0.2, 0.25) is 0 Å². The fourth-order valence-electron chi connectivity index (χ4n) is 2.13. The van der Waals surface area contributed by atoms with Gasteiger partial charge in [-0.3, -0.25) is 0 Å². The Morgan fingerprint density at radius 3 is 2.11 bits per heavy atom. The molecular weight excluding hydrogens is 234 g/mol. The van der Waals surface area contributed by atoms with Gasteiger partial charge in [-0.05, 0) is 57.2 Å². The highest BCUT2D eigenvalue weighted by atomic mass is 16.5. The molecule has 0 fully saturated rings. The molecule has 1 unspecified atom stereocenters. The van der Waals surface area contributed by atoms with Crippen LogP contribution in [0.1, 0.15) is 53.0 Å². The Labute approximate surface area is 118 Å². The summed E-state index contributed by atoms with van der Waals surface area (Å²) in [6.45, 7) is 14.9. The molecule has 0 saturated carbocycles. The van der Waals surface area contributed by atoms with Gasteiger partial charge < -0.3 is 10.1 Å². The van der Waals surface area contributed by atoms with Crippen molar-refractivity contribution in [1.29, 1.82) is 0 Å². The molecule has 0 heterocycles. The smallest absolute Gasteiger partial charge is 0.119 e. The van der Waals surface area contributed by atoms with Gasteiger partial charge in [0, 0.05) is 12.1 Å². The third-order valence-corrected chi connectivity index (χ3v) is 3.28. The molecule has 1 N–H and O–H groups in total. The van der Waals surface area contributed by atoms with Gasteiger partial charge in [0.1, 0.15) is 5.75 Å². The van der Waals surface area contributed by atoms with E-state index in [1.165, 1.54) is 5.56 Å². The van der Waals surface area contributed by atoms with Crippen LogP contribution in [0.25, 0.3) is 0 Å². The summed E-state index contributed by atoms with van der Waals surface area (Å²) in [5.74, 6) is 2.11. The maximum Gasteiger partial charge on any atom is 0.119 e. The van der Waals surface area contributed by atoms with Crippen molar-refractivity contribution in [3.8, 4) is 5.75 Å². The van der Waals surface area contributed by atoms with Gasteiger partial charge in [-0.25, -0.2) is 0 Å². The first kappa shape index (κ1) is 16.0. The molecule has 0 bridgehead atoms. The zero-order valence-electron chi connectivity index (χ0n) is 13.3. The van der Waals surface area contributed by atoms with Crippen molar-refractivity contribution in [2.45, 2.75) is 53.0 Å². The monoisotopic (exact) mass is 263 g/mol. The van der Waals surface area contributed by atoms with E-state index >= 15 is 0 Å². The maximum absolute atomic E-state index is 5.50. The molecule has 108 valence electrons. The standard InChI is InChI=1S/C17H29NO/c1-7-19-15-10-8-14(9-11-15)16(13(2)3)12-18-17(4,5)6/h8-11,13,16,18H,7,12H2,1-6H3. The van der Waals surface area contributed by atoms with Crippen molar-refractivity contribution in [1.82, 2.24) is 5.32 Å². The van der Waals surface area contributed by atoms with Gasteiger partial charge in [0.15, 0.2) is 0 Å². The maximum atomic E-state index is 5.50. The predicted molar refractivity (Wildman–Crippen MR) is 82.9 cm³/mol. The molecule has 0 aromatic heterocycles. The van der Waals surface area contributed by atoms with Crippen molar-refractivity contribution >= 4 is 0 Å². The molecule has 0 aliphatic carbocycles. The third-order valence-electron chi connectivity index (χ3n) is 3.28. The molecule has 2 heteroatoms. The van der Waals surface area contributed by atoms with E-state index in [0.717, 1.165) is 18.9 Å². The lowest BCUT2D eigenvalue weighted by molar-refractivity contribution is 0.339. The Morgan fingerprint density at radius 1 is 1.11 bits per heavy atom. The molecular formula is C17H29NO. The van der Waals surface area contributed by atoms with Crippen LogP contribution in [0.15, 0.2) is 24.3 Å². The Balaban J connectivity index is 2.75. The predicted octanol–water partition coefficient (Wildman–Crippen LogP) is 4.21. The van der Waals surface area contributed by atoms with E-state index < -0.39 is 0 Å². The summed E-state index contributed by atoms with van der Waals surface area (Å²) in [4.78, 5) is 0. The van der Waals surface area contributed by atoms with Gasteiger partial charge in [-0.1, -0.05) is 26.0 Å². The van der Waals surface area contributed by atoms with E-state index in [4.69, 9.17) is 4.74 Å². The van der Waals surface area contributed by atoms with Crippen LogP contribution in [0.4, 0.5) is 0 Å². The Hall–Kier alpha value is -1.02. The van der Waals surface area contributed by atoms with Crippen LogP contribution in [0.5, 0.6) is 5.75 Å². The quantitative estimate of drug-likeness (QED) is 0.830. The number of hydrogen-bond acceptors (Lipinski definition) is 2. The first-order chi connectivity index (χ1) is 8.83. The highest BCUT2D eigenvalue weighted by Gasteiger charge is 2.18. The summed E-state index contributed by atoms with van der Waals surface area (Å²) in [5, 5.41) is 3.61. The fourth-order valence-corrected chi connectivity index (χ4v) is 2.13. The minimum absolute atomic E-state index is 0.165. The van der Waals surface area contributed by atoms with Crippen LogP contribution < -0.4 is 10.1 Å². The molecule has 2 nitrogen and oxygen atoms in total. The summed E-state index contributed by atoms with van der Waals surface area (Å²) >= 11 is 0. The number of nitrogens with one attached hydrogen (secondary N) is 1. The number of benzene rings is 1. The second kappa shape index (κ2) is 6.95. The van der Waals surface area contributed by atoms with E-state index in [0.29, 0.717) is 11.8 Å². The summed E-state index contributed by atoms with van der Waals surface area (Å²) in [7, 11) is 0. The molecule has 1 aromatic rings. The van der Waals surface area contributed by atoms with Gasteiger partial charge in [0.25, 0.3) is 0 Å². The van der Waals surface area contributed by atoms with Crippen LogP contribution in [0.2, 0.25) is 0 Å². The van der Waals surface area contributed by atoms with E-state index in [1.54, 1.807) is 0 Å². The minimum atomic E-state index is 0.165. The number of hydrogen-bond donors (Lipinski definition) is 1. The van der Waals surface area contributed by atoms with Crippen LogP contribution in [0.3, 0.4) is 0 Å². The van der Waals surface area contributed by atoms with E-state index in [-0.39, 0.29) is 5.54 Å². The lowest BCUT2D eigenvalue weighted by atomic mass is 9.87. The van der Waals surface area contributed by atoms with Gasteiger partial charge in [-0.15, -0.1) is 0 Å². The lowest BCUT2D eigenvalue weighted by Gasteiger charge is -2.28. The molecule has 0 aliphatic rings. The van der Waals surface area contributed by atoms with E-state index in [9.17, 15) is 0 Å². The third kappa shape index (κ3) is 5.65. The van der Waals surface area contributed by atoms with Crippen molar-refractivity contribution in [3.63, 3.8) is 0 Å². The van der Waals surface area contributed by atoms with Crippen molar-refractivity contribution in [2.24, 2.45) is 5.92 Å². The molecule has 1 atom stereocenters. The average molecular weight is 263 g/mol. The summed E-state index contributed by atoms with van der Waals surface area (Å²) in [6.07, 6.45) is 0. The van der Waals surface area contributed by atoms with Crippen molar-refractivity contribution < 1.29 is 4.74 Å². The SMILES string of the molecule is CCOc1ccc(C(CNC(C)(C)C)C(C)C)cc1. The van der Waals surface area contributed by atoms with Crippen LogP contribution >= 0.6 is 0 Å². The highest BCUT2D eigenvalue weighted by Crippen LogP contribution is 2.26. The van der Waals surface area contributed by atoms with Gasteiger partial charge in [-0.2, -0.15) is 0 Å². The lowest BCUT2D eigenvalue weighted by Crippen LogP contribution is -2.39. The molecule has 0 radical (unpaired) electrons. The second-order valence-corrected chi connectivity index (χ2v) is 6.48. The molecule has 0 aliphatic heterocycles. The van der Waals surface area contributed by atoms with Crippen LogP contribution in [-0.4, -0.2) is 18.7 Å². The van der Waals surface area contributed by atoms with E-state index in [2.05, 4.69) is 64.2 Å². The molecule has 1 aromatic carbocycles. The van der Waals surface area contributed by atoms with E-state index in [1.807, 2.05) is 6.92 Å². The van der Waals surface area contributed by atoms with Crippen molar-refractivity contribution in [2.75, 3.05) is 13.2 Å². The number of ether oxygens (including phenoxy) is 1. The average Bonchev–Trinajstić information content (AvgIpc) is 2.30. The molecule has 1 rings (SSSR count). The Kier molecular flexibility index (Phi) is 5.86. The fraction of sp³-hybridized carbons (Fsp3) is 0.647. The van der Waals surface area contributed by atoms with Crippen LogP contribution in [-0.2, 0) is 0 Å². The number of rotatable bonds is 6. The first-order valence-corrected chi connectivity index (χ1v) is 7.31. The largest absolute Gasteiger partial charge is 0.494 e. The first-order valence-electron chi connectivity index (χ1n) is 7.31. The molecule has 0 saturated heterocycles. The van der Waals surface area contributed by atoms with Gasteiger partial charge in [0.05, 0.1) is 6.61 Å². The summed E-state index contributed by atoms with van der Waals surface area (Å²) in [6, 6.07) is 8.54. The molecule has 0 spiro atoms. The minimum Gasteiger partial charge on any atom is -0.494 e. The molecule has 19 heavy (non-hydrogen) atoms. The Bertz CT molecular complexity index is 362. The topological polar surface area (TPSA) is 21.3 Å². The Morgan fingerprint density at radius 2 is 1.68 bits per heavy atom. The van der Waals surface area contributed by atoms with Gasteiger partial charge >= 0.3 is 0 Å². The highest BCUT2D eigenvalue weighted by molar-refractivity contribution is 5.30.